The molecular weight excluding hydrogens is 246 g/mol. The van der Waals surface area contributed by atoms with Crippen molar-refractivity contribution in [2.24, 2.45) is 0 Å². The number of carbonyl (C=O) groups is 1. The first-order valence-electron chi connectivity index (χ1n) is 5.71. The summed E-state index contributed by atoms with van der Waals surface area (Å²) in [7, 11) is 0. The lowest BCUT2D eigenvalue weighted by Crippen LogP contribution is -2.05. The van der Waals surface area contributed by atoms with Gasteiger partial charge in [-0.15, -0.1) is 0 Å². The van der Waals surface area contributed by atoms with Crippen molar-refractivity contribution in [3.05, 3.63) is 64.2 Å². The highest BCUT2D eigenvalue weighted by atomic mass is 16.6. The minimum atomic E-state index is -0.492. The quantitative estimate of drug-likeness (QED) is 0.465. The van der Waals surface area contributed by atoms with E-state index in [4.69, 9.17) is 0 Å². The van der Waals surface area contributed by atoms with E-state index in [1.54, 1.807) is 18.2 Å². The van der Waals surface area contributed by atoms with E-state index in [9.17, 15) is 14.9 Å². The van der Waals surface area contributed by atoms with Crippen LogP contribution in [0.15, 0.2) is 42.7 Å². The predicted molar refractivity (Wildman–Crippen MR) is 67.8 cm³/mol. The average molecular weight is 257 g/mol. The van der Waals surface area contributed by atoms with Gasteiger partial charge in [-0.2, -0.15) is 0 Å². The van der Waals surface area contributed by atoms with Gasteiger partial charge < -0.3 is 0 Å². The third-order valence-corrected chi connectivity index (χ3v) is 2.60. The molecule has 0 aliphatic heterocycles. The second-order valence-electron chi connectivity index (χ2n) is 3.86. The fourth-order valence-corrected chi connectivity index (χ4v) is 1.68. The molecule has 0 radical (unpaired) electrons. The fraction of sp³-hybridized carbons (Fsp3) is 0.154. The number of nitrogens with zero attached hydrogens (tertiary/aromatic N) is 3. The number of Topliss-reactive ketones (excluding diaryl/α,β-unsaturated/α-hetero) is 1. The number of nitro groups is 1. The van der Waals surface area contributed by atoms with Gasteiger partial charge in [0, 0.05) is 31.3 Å². The van der Waals surface area contributed by atoms with Crippen LogP contribution >= 0.6 is 0 Å². The Kier molecular flexibility index (Phi) is 3.92. The summed E-state index contributed by atoms with van der Waals surface area (Å²) < 4.78 is 0. The number of aromatic nitrogens is 2. The molecule has 2 heterocycles. The summed E-state index contributed by atoms with van der Waals surface area (Å²) in [6, 6.07) is 7.95. The lowest BCUT2D eigenvalue weighted by atomic mass is 10.1. The number of aryl methyl sites for hydroxylation is 1. The first kappa shape index (κ1) is 12.8. The van der Waals surface area contributed by atoms with Crippen LogP contribution in [0.5, 0.6) is 0 Å². The standard InChI is InChI=1S/C13H11N3O3/c17-13(11-4-1-2-8-15-11)7-6-10-12(16(18)19)5-3-9-14-10/h1-5,8-9H,6-7H2. The molecular formula is C13H11N3O3. The van der Waals surface area contributed by atoms with Gasteiger partial charge in [-0.25, -0.2) is 0 Å². The zero-order valence-corrected chi connectivity index (χ0v) is 10.0. The van der Waals surface area contributed by atoms with Crippen LogP contribution < -0.4 is 0 Å². The van der Waals surface area contributed by atoms with Crippen molar-refractivity contribution in [3.63, 3.8) is 0 Å². The van der Waals surface area contributed by atoms with Gasteiger partial charge >= 0.3 is 0 Å². The lowest BCUT2D eigenvalue weighted by Gasteiger charge is -2.01. The molecule has 0 unspecified atom stereocenters. The molecule has 0 spiro atoms. The Morgan fingerprint density at radius 3 is 2.63 bits per heavy atom. The summed E-state index contributed by atoms with van der Waals surface area (Å²) in [5.74, 6) is -0.152. The van der Waals surface area contributed by atoms with Crippen molar-refractivity contribution in [1.29, 1.82) is 0 Å². The van der Waals surface area contributed by atoms with E-state index in [0.717, 1.165) is 0 Å². The van der Waals surface area contributed by atoms with Gasteiger partial charge in [-0.1, -0.05) is 6.07 Å². The monoisotopic (exact) mass is 257 g/mol. The highest BCUT2D eigenvalue weighted by Crippen LogP contribution is 2.17. The molecule has 0 aliphatic carbocycles. The van der Waals surface area contributed by atoms with Crippen LogP contribution in [0.4, 0.5) is 5.69 Å². The summed E-state index contributed by atoms with van der Waals surface area (Å²) in [5.41, 5.74) is 0.620. The van der Waals surface area contributed by atoms with Crippen LogP contribution in [0, 0.1) is 10.1 Å². The fourth-order valence-electron chi connectivity index (χ4n) is 1.68. The Bertz CT molecular complexity index is 599. The zero-order chi connectivity index (χ0) is 13.7. The summed E-state index contributed by atoms with van der Waals surface area (Å²) >= 11 is 0. The number of hydrogen-bond donors (Lipinski definition) is 0. The summed E-state index contributed by atoms with van der Waals surface area (Å²) in [5, 5.41) is 10.8. The molecule has 6 nitrogen and oxygen atoms in total. The smallest absolute Gasteiger partial charge is 0.290 e. The molecule has 0 bridgehead atoms. The van der Waals surface area contributed by atoms with E-state index >= 15 is 0 Å². The second-order valence-corrected chi connectivity index (χ2v) is 3.86. The number of pyridine rings is 2. The van der Waals surface area contributed by atoms with Crippen molar-refractivity contribution in [2.75, 3.05) is 0 Å². The maximum absolute atomic E-state index is 11.8. The number of carbonyl (C=O) groups excluding carboxylic acids is 1. The molecule has 2 aromatic heterocycles. The molecule has 0 fully saturated rings. The van der Waals surface area contributed by atoms with Crippen LogP contribution in [0.1, 0.15) is 22.6 Å². The third-order valence-electron chi connectivity index (χ3n) is 2.60. The number of ketones is 1. The third kappa shape index (κ3) is 3.19. The molecule has 0 aromatic carbocycles. The highest BCUT2D eigenvalue weighted by Gasteiger charge is 2.16. The van der Waals surface area contributed by atoms with Crippen molar-refractivity contribution >= 4 is 11.5 Å². The minimum Gasteiger partial charge on any atom is -0.292 e. The zero-order valence-electron chi connectivity index (χ0n) is 10.0. The molecule has 6 heteroatoms. The lowest BCUT2D eigenvalue weighted by molar-refractivity contribution is -0.385. The largest absolute Gasteiger partial charge is 0.292 e. The number of hydrogen-bond acceptors (Lipinski definition) is 5. The van der Waals surface area contributed by atoms with Crippen molar-refractivity contribution in [3.8, 4) is 0 Å². The molecule has 0 atom stereocenters. The average Bonchev–Trinajstić information content (AvgIpc) is 2.46. The minimum absolute atomic E-state index is 0.0590. The van der Waals surface area contributed by atoms with Crippen molar-refractivity contribution in [1.82, 2.24) is 9.97 Å². The Labute approximate surface area is 109 Å². The molecule has 0 saturated heterocycles. The van der Waals surface area contributed by atoms with E-state index in [-0.39, 0.29) is 24.3 Å². The predicted octanol–water partition coefficient (Wildman–Crippen LogP) is 2.20. The first-order valence-corrected chi connectivity index (χ1v) is 5.71. The van der Waals surface area contributed by atoms with Crippen LogP contribution in [-0.4, -0.2) is 20.7 Å². The molecule has 0 saturated carbocycles. The molecule has 0 amide bonds. The van der Waals surface area contributed by atoms with E-state index < -0.39 is 4.92 Å². The Morgan fingerprint density at radius 1 is 1.16 bits per heavy atom. The maximum atomic E-state index is 11.8. The highest BCUT2D eigenvalue weighted by molar-refractivity contribution is 5.94. The first-order chi connectivity index (χ1) is 9.18. The summed E-state index contributed by atoms with van der Waals surface area (Å²) in [6.07, 6.45) is 3.39. The molecule has 2 aromatic rings. The Hall–Kier alpha value is -2.63. The van der Waals surface area contributed by atoms with Gasteiger partial charge in [-0.3, -0.25) is 24.9 Å². The SMILES string of the molecule is O=C(CCc1ncccc1[N+](=O)[O-])c1ccccn1. The molecule has 0 N–H and O–H groups in total. The second kappa shape index (κ2) is 5.81. The van der Waals surface area contributed by atoms with Crippen LogP contribution in [0.2, 0.25) is 0 Å². The topological polar surface area (TPSA) is 86.0 Å². The van der Waals surface area contributed by atoms with Crippen LogP contribution in [-0.2, 0) is 6.42 Å². The number of rotatable bonds is 5. The summed E-state index contributed by atoms with van der Waals surface area (Å²) in [6.45, 7) is 0. The normalized spacial score (nSPS) is 10.1. The van der Waals surface area contributed by atoms with E-state index in [1.807, 2.05) is 0 Å². The van der Waals surface area contributed by atoms with E-state index in [0.29, 0.717) is 11.4 Å². The van der Waals surface area contributed by atoms with E-state index in [1.165, 1.54) is 24.5 Å². The van der Waals surface area contributed by atoms with Gasteiger partial charge in [0.05, 0.1) is 4.92 Å². The Morgan fingerprint density at radius 2 is 1.95 bits per heavy atom. The van der Waals surface area contributed by atoms with Gasteiger partial charge in [0.1, 0.15) is 11.4 Å². The van der Waals surface area contributed by atoms with Gasteiger partial charge in [0.2, 0.25) is 0 Å². The van der Waals surface area contributed by atoms with Gasteiger partial charge in [-0.05, 0) is 18.2 Å². The summed E-state index contributed by atoms with van der Waals surface area (Å²) in [4.78, 5) is 30.0. The van der Waals surface area contributed by atoms with Gasteiger partial charge in [0.15, 0.2) is 5.78 Å². The Balaban J connectivity index is 2.07. The van der Waals surface area contributed by atoms with Crippen molar-refractivity contribution in [2.45, 2.75) is 12.8 Å². The van der Waals surface area contributed by atoms with Crippen LogP contribution in [0.3, 0.4) is 0 Å². The molecule has 96 valence electrons. The van der Waals surface area contributed by atoms with Crippen molar-refractivity contribution < 1.29 is 9.72 Å². The van der Waals surface area contributed by atoms with Crippen LogP contribution in [0.25, 0.3) is 0 Å². The molecule has 0 aliphatic rings. The molecule has 2 rings (SSSR count). The maximum Gasteiger partial charge on any atom is 0.290 e. The van der Waals surface area contributed by atoms with Gasteiger partial charge in [0.25, 0.3) is 5.69 Å². The van der Waals surface area contributed by atoms with E-state index in [2.05, 4.69) is 9.97 Å². The molecule has 19 heavy (non-hydrogen) atoms.